The average Bonchev–Trinajstić information content (AvgIpc) is 2.49. The molecule has 0 aliphatic heterocycles. The van der Waals surface area contributed by atoms with Crippen LogP contribution in [0.1, 0.15) is 18.7 Å². The van der Waals surface area contributed by atoms with Gasteiger partial charge >= 0.3 is 0 Å². The molecule has 0 saturated carbocycles. The molecule has 1 aromatic rings. The second kappa shape index (κ2) is 5.63. The van der Waals surface area contributed by atoms with Gasteiger partial charge in [0.2, 0.25) is 5.91 Å². The van der Waals surface area contributed by atoms with Crippen LogP contribution in [0.5, 0.6) is 0 Å². The molecule has 5 heteroatoms. The molecule has 1 heterocycles. The van der Waals surface area contributed by atoms with Crippen molar-refractivity contribution in [3.8, 4) is 0 Å². The van der Waals surface area contributed by atoms with Crippen molar-refractivity contribution in [1.82, 2.24) is 4.90 Å². The fourth-order valence-corrected chi connectivity index (χ4v) is 2.73. The molecule has 2 N–H and O–H groups in total. The first kappa shape index (κ1) is 12.7. The van der Waals surface area contributed by atoms with Gasteiger partial charge in [0.25, 0.3) is 0 Å². The third-order valence-electron chi connectivity index (χ3n) is 2.07. The summed E-state index contributed by atoms with van der Waals surface area (Å²) < 4.78 is 1.09. The van der Waals surface area contributed by atoms with Gasteiger partial charge in [0.1, 0.15) is 0 Å². The lowest BCUT2D eigenvalue weighted by molar-refractivity contribution is -0.119. The van der Waals surface area contributed by atoms with E-state index in [1.807, 2.05) is 5.38 Å². The van der Waals surface area contributed by atoms with Crippen molar-refractivity contribution >= 4 is 33.2 Å². The maximum Gasteiger partial charge on any atom is 0.231 e. The molecular weight excluding hydrogens is 276 g/mol. The fourth-order valence-electron chi connectivity index (χ4n) is 1.26. The van der Waals surface area contributed by atoms with Crippen LogP contribution in [-0.4, -0.2) is 23.4 Å². The van der Waals surface area contributed by atoms with Crippen LogP contribution < -0.4 is 5.73 Å². The predicted octanol–water partition coefficient (Wildman–Crippen LogP) is 2.21. The van der Waals surface area contributed by atoms with E-state index in [0.29, 0.717) is 12.6 Å². The second-order valence-electron chi connectivity index (χ2n) is 3.70. The maximum absolute atomic E-state index is 10.9. The largest absolute Gasteiger partial charge is 0.369 e. The SMILES string of the molecule is CC(C)N(CC(N)=O)Cc1cc(Br)cs1. The standard InChI is InChI=1S/C10H15BrN2OS/c1-7(2)13(5-10(12)14)4-9-3-8(11)6-15-9/h3,6-7H,4-5H2,1-2H3,(H2,12,14). The normalized spacial score (nSPS) is 11.3. The Bertz CT molecular complexity index is 338. The first-order chi connectivity index (χ1) is 6.99. The van der Waals surface area contributed by atoms with Crippen molar-refractivity contribution in [1.29, 1.82) is 0 Å². The van der Waals surface area contributed by atoms with Crippen LogP contribution >= 0.6 is 27.3 Å². The number of carbonyl (C=O) groups excluding carboxylic acids is 1. The Morgan fingerprint density at radius 2 is 2.33 bits per heavy atom. The summed E-state index contributed by atoms with van der Waals surface area (Å²) in [5.74, 6) is -0.278. The Morgan fingerprint density at radius 1 is 1.67 bits per heavy atom. The zero-order chi connectivity index (χ0) is 11.4. The molecule has 0 aromatic carbocycles. The molecule has 0 bridgehead atoms. The molecule has 0 spiro atoms. The molecule has 15 heavy (non-hydrogen) atoms. The number of halogens is 1. The van der Waals surface area contributed by atoms with Crippen LogP contribution in [0, 0.1) is 0 Å². The Morgan fingerprint density at radius 3 is 2.73 bits per heavy atom. The van der Waals surface area contributed by atoms with Crippen molar-refractivity contribution in [2.24, 2.45) is 5.73 Å². The first-order valence-electron chi connectivity index (χ1n) is 4.74. The molecule has 0 saturated heterocycles. The van der Waals surface area contributed by atoms with Gasteiger partial charge in [-0.3, -0.25) is 9.69 Å². The van der Waals surface area contributed by atoms with E-state index in [1.54, 1.807) is 11.3 Å². The summed E-state index contributed by atoms with van der Waals surface area (Å²) in [7, 11) is 0. The van der Waals surface area contributed by atoms with Crippen LogP contribution in [0.2, 0.25) is 0 Å². The maximum atomic E-state index is 10.9. The van der Waals surface area contributed by atoms with Gasteiger partial charge in [0, 0.05) is 27.3 Å². The summed E-state index contributed by atoms with van der Waals surface area (Å²) >= 11 is 5.09. The predicted molar refractivity (Wildman–Crippen MR) is 66.8 cm³/mol. The summed E-state index contributed by atoms with van der Waals surface area (Å²) in [6.07, 6.45) is 0. The number of nitrogens with zero attached hydrogens (tertiary/aromatic N) is 1. The van der Waals surface area contributed by atoms with Gasteiger partial charge in [0.05, 0.1) is 6.54 Å². The Hall–Kier alpha value is -0.390. The third-order valence-corrected chi connectivity index (χ3v) is 3.75. The highest BCUT2D eigenvalue weighted by Crippen LogP contribution is 2.21. The van der Waals surface area contributed by atoms with E-state index >= 15 is 0 Å². The molecule has 0 unspecified atom stereocenters. The Kier molecular flexibility index (Phi) is 4.76. The van der Waals surface area contributed by atoms with Gasteiger partial charge in [-0.25, -0.2) is 0 Å². The number of thiophene rings is 1. The molecule has 0 fully saturated rings. The molecule has 0 aliphatic carbocycles. The molecule has 0 atom stereocenters. The van der Waals surface area contributed by atoms with Crippen molar-refractivity contribution in [3.05, 3.63) is 20.8 Å². The molecule has 3 nitrogen and oxygen atoms in total. The first-order valence-corrected chi connectivity index (χ1v) is 6.41. The molecule has 84 valence electrons. The second-order valence-corrected chi connectivity index (χ2v) is 5.61. The third kappa shape index (κ3) is 4.32. The minimum atomic E-state index is -0.278. The van der Waals surface area contributed by atoms with E-state index in [4.69, 9.17) is 5.73 Å². The zero-order valence-corrected chi connectivity index (χ0v) is 11.3. The summed E-state index contributed by atoms with van der Waals surface area (Å²) in [6, 6.07) is 2.39. The zero-order valence-electron chi connectivity index (χ0n) is 8.87. The van der Waals surface area contributed by atoms with Gasteiger partial charge in [-0.1, -0.05) is 0 Å². The summed E-state index contributed by atoms with van der Waals surface area (Å²) in [5, 5.41) is 2.04. The highest BCUT2D eigenvalue weighted by molar-refractivity contribution is 9.10. The lowest BCUT2D eigenvalue weighted by atomic mass is 10.3. The Balaban J connectivity index is 2.62. The van der Waals surface area contributed by atoms with Gasteiger partial charge in [-0.2, -0.15) is 0 Å². The van der Waals surface area contributed by atoms with E-state index in [2.05, 4.69) is 40.7 Å². The van der Waals surface area contributed by atoms with Gasteiger partial charge in [-0.05, 0) is 35.8 Å². The highest BCUT2D eigenvalue weighted by atomic mass is 79.9. The minimum absolute atomic E-state index is 0.278. The van der Waals surface area contributed by atoms with E-state index in [-0.39, 0.29) is 5.91 Å². The topological polar surface area (TPSA) is 46.3 Å². The molecule has 0 radical (unpaired) electrons. The number of rotatable bonds is 5. The number of nitrogens with two attached hydrogens (primary N) is 1. The van der Waals surface area contributed by atoms with Gasteiger partial charge in [0.15, 0.2) is 0 Å². The summed E-state index contributed by atoms with van der Waals surface area (Å²) in [4.78, 5) is 14.2. The summed E-state index contributed by atoms with van der Waals surface area (Å²) in [6.45, 7) is 5.21. The van der Waals surface area contributed by atoms with E-state index < -0.39 is 0 Å². The van der Waals surface area contributed by atoms with Gasteiger partial charge < -0.3 is 5.73 Å². The number of primary amides is 1. The number of carbonyl (C=O) groups is 1. The molecular formula is C10H15BrN2OS. The smallest absolute Gasteiger partial charge is 0.231 e. The minimum Gasteiger partial charge on any atom is -0.369 e. The Labute approximate surface area is 102 Å². The fraction of sp³-hybridized carbons (Fsp3) is 0.500. The van der Waals surface area contributed by atoms with Gasteiger partial charge in [-0.15, -0.1) is 11.3 Å². The van der Waals surface area contributed by atoms with Crippen LogP contribution in [0.4, 0.5) is 0 Å². The molecule has 1 amide bonds. The van der Waals surface area contributed by atoms with Crippen molar-refractivity contribution in [3.63, 3.8) is 0 Å². The molecule has 1 rings (SSSR count). The molecule has 1 aromatic heterocycles. The quantitative estimate of drug-likeness (QED) is 0.904. The lowest BCUT2D eigenvalue weighted by Gasteiger charge is -2.24. The number of hydrogen-bond donors (Lipinski definition) is 1. The number of hydrogen-bond acceptors (Lipinski definition) is 3. The molecule has 0 aliphatic rings. The van der Waals surface area contributed by atoms with Crippen LogP contribution in [0.3, 0.4) is 0 Å². The van der Waals surface area contributed by atoms with E-state index in [0.717, 1.165) is 11.0 Å². The van der Waals surface area contributed by atoms with E-state index in [1.165, 1.54) is 4.88 Å². The van der Waals surface area contributed by atoms with Crippen molar-refractivity contribution in [2.45, 2.75) is 26.4 Å². The van der Waals surface area contributed by atoms with Crippen LogP contribution in [-0.2, 0) is 11.3 Å². The lowest BCUT2D eigenvalue weighted by Crippen LogP contribution is -2.37. The summed E-state index contributed by atoms with van der Waals surface area (Å²) in [5.41, 5.74) is 5.20. The highest BCUT2D eigenvalue weighted by Gasteiger charge is 2.13. The van der Waals surface area contributed by atoms with E-state index in [9.17, 15) is 4.79 Å². The van der Waals surface area contributed by atoms with Crippen molar-refractivity contribution in [2.75, 3.05) is 6.54 Å². The average molecular weight is 291 g/mol. The van der Waals surface area contributed by atoms with Crippen LogP contribution in [0.25, 0.3) is 0 Å². The number of amides is 1. The monoisotopic (exact) mass is 290 g/mol. The van der Waals surface area contributed by atoms with Crippen molar-refractivity contribution < 1.29 is 4.79 Å². The van der Waals surface area contributed by atoms with Crippen LogP contribution in [0.15, 0.2) is 15.9 Å².